The third-order valence-corrected chi connectivity index (χ3v) is 9.03. The van der Waals surface area contributed by atoms with Crippen LogP contribution in [0.1, 0.15) is 56.0 Å². The van der Waals surface area contributed by atoms with E-state index in [0.717, 1.165) is 16.5 Å². The number of nitrogens with zero attached hydrogens (tertiary/aromatic N) is 3. The summed E-state index contributed by atoms with van der Waals surface area (Å²) in [5.41, 5.74) is 0.549. The van der Waals surface area contributed by atoms with Crippen molar-refractivity contribution in [1.29, 1.82) is 0 Å². The van der Waals surface area contributed by atoms with Crippen molar-refractivity contribution < 1.29 is 38.5 Å². The molecule has 3 aliphatic heterocycles. The number of piperidine rings is 2. The minimum absolute atomic E-state index is 0.0980. The Bertz CT molecular complexity index is 1180. The first-order chi connectivity index (χ1) is 19.1. The van der Waals surface area contributed by atoms with Crippen molar-refractivity contribution in [3.05, 3.63) is 29.3 Å². The lowest BCUT2D eigenvalue weighted by Gasteiger charge is -2.36. The lowest BCUT2D eigenvalue weighted by Crippen LogP contribution is -2.55. The maximum Gasteiger partial charge on any atom is 0.410 e. The molecule has 1 aromatic carbocycles. The lowest BCUT2D eigenvalue weighted by atomic mass is 10.0. The number of rotatable bonds is 8. The third kappa shape index (κ3) is 7.86. The highest BCUT2D eigenvalue weighted by Crippen LogP contribution is 2.32. The van der Waals surface area contributed by atoms with Gasteiger partial charge in [-0.15, -0.1) is 0 Å². The molecular weight excluding hydrogens is 546 g/mol. The number of aliphatic hydroxyl groups is 1. The van der Waals surface area contributed by atoms with Crippen LogP contribution in [0.15, 0.2) is 18.2 Å². The Morgan fingerprint density at radius 3 is 2.54 bits per heavy atom. The van der Waals surface area contributed by atoms with Gasteiger partial charge in [-0.05, 0) is 57.0 Å². The fraction of sp³-hybridized carbons (Fsp3) is 0.655. The van der Waals surface area contributed by atoms with Gasteiger partial charge in [0, 0.05) is 39.6 Å². The van der Waals surface area contributed by atoms with Crippen molar-refractivity contribution in [3.8, 4) is 5.75 Å². The molecule has 1 aromatic rings. The molecule has 3 aliphatic rings. The minimum atomic E-state index is -1.31. The van der Waals surface area contributed by atoms with E-state index in [0.29, 0.717) is 24.3 Å². The third-order valence-electron chi connectivity index (χ3n) is 7.33. The molecule has 4 amide bonds. The van der Waals surface area contributed by atoms with Crippen molar-refractivity contribution in [2.45, 2.75) is 96.1 Å². The SMILES string of the molecule is CC(C)(C)OC(=O)N1C[C@H](O)C[C@H](Oc2ccc3c(c2)CN(C2CCC(=O)N(COCC[Si](C)(C)C)C2=O)C3=O)C1. The lowest BCUT2D eigenvalue weighted by molar-refractivity contribution is -0.158. The van der Waals surface area contributed by atoms with E-state index in [1.54, 1.807) is 39.0 Å². The molecule has 4 rings (SSSR count). The van der Waals surface area contributed by atoms with E-state index in [1.807, 2.05) is 0 Å². The number of aliphatic hydroxyl groups excluding tert-OH is 1. The number of benzene rings is 1. The van der Waals surface area contributed by atoms with Gasteiger partial charge in [-0.3, -0.25) is 19.3 Å². The predicted molar refractivity (Wildman–Crippen MR) is 153 cm³/mol. The second-order valence-electron chi connectivity index (χ2n) is 13.3. The maximum absolute atomic E-state index is 13.3. The number of carbonyl (C=O) groups is 4. The Morgan fingerprint density at radius 2 is 1.85 bits per heavy atom. The molecule has 2 fully saturated rings. The van der Waals surface area contributed by atoms with Crippen molar-refractivity contribution in [2.75, 3.05) is 26.4 Å². The average Bonchev–Trinajstić information content (AvgIpc) is 3.16. The quantitative estimate of drug-likeness (QED) is 0.278. The average molecular weight is 590 g/mol. The van der Waals surface area contributed by atoms with E-state index in [1.165, 1.54) is 9.80 Å². The van der Waals surface area contributed by atoms with Crippen LogP contribution in [0, 0.1) is 0 Å². The minimum Gasteiger partial charge on any atom is -0.488 e. The summed E-state index contributed by atoms with van der Waals surface area (Å²) in [6.45, 7) is 13.1. The molecule has 12 heteroatoms. The monoisotopic (exact) mass is 589 g/mol. The molecule has 1 N–H and O–H groups in total. The summed E-state index contributed by atoms with van der Waals surface area (Å²) in [6.07, 6.45) is -0.936. The van der Waals surface area contributed by atoms with Crippen LogP contribution in [0.5, 0.6) is 5.75 Å². The first kappa shape index (κ1) is 31.0. The summed E-state index contributed by atoms with van der Waals surface area (Å²) in [4.78, 5) is 55.7. The first-order valence-electron chi connectivity index (χ1n) is 14.3. The summed E-state index contributed by atoms with van der Waals surface area (Å²) >= 11 is 0. The van der Waals surface area contributed by atoms with E-state index < -0.39 is 43.9 Å². The zero-order valence-corrected chi connectivity index (χ0v) is 26.0. The van der Waals surface area contributed by atoms with Crippen LogP contribution in [0.25, 0.3) is 0 Å². The molecule has 1 unspecified atom stereocenters. The number of carbonyl (C=O) groups excluding carboxylic acids is 4. The van der Waals surface area contributed by atoms with Crippen LogP contribution in [0.4, 0.5) is 4.79 Å². The number of hydrogen-bond acceptors (Lipinski definition) is 8. The van der Waals surface area contributed by atoms with Crippen LogP contribution in [0.3, 0.4) is 0 Å². The van der Waals surface area contributed by atoms with Crippen LogP contribution >= 0.6 is 0 Å². The highest BCUT2D eigenvalue weighted by atomic mass is 28.3. The summed E-state index contributed by atoms with van der Waals surface area (Å²) in [5.74, 6) is -0.452. The van der Waals surface area contributed by atoms with E-state index >= 15 is 0 Å². The van der Waals surface area contributed by atoms with E-state index in [4.69, 9.17) is 14.2 Å². The zero-order chi connectivity index (χ0) is 30.1. The fourth-order valence-corrected chi connectivity index (χ4v) is 5.96. The molecule has 3 heterocycles. The Kier molecular flexibility index (Phi) is 9.15. The van der Waals surface area contributed by atoms with Crippen LogP contribution in [-0.2, 0) is 25.6 Å². The largest absolute Gasteiger partial charge is 0.488 e. The molecule has 0 bridgehead atoms. The van der Waals surface area contributed by atoms with E-state index in [-0.39, 0.29) is 51.0 Å². The number of imide groups is 1. The number of β-amino-alcohol motifs (C(OH)–C–C–N with tert-alkyl or cyclic N) is 1. The number of likely N-dealkylation sites (tertiary alicyclic amines) is 2. The Balaban J connectivity index is 1.39. The van der Waals surface area contributed by atoms with Crippen LogP contribution in [0.2, 0.25) is 25.7 Å². The van der Waals surface area contributed by atoms with Crippen molar-refractivity contribution in [1.82, 2.24) is 14.7 Å². The van der Waals surface area contributed by atoms with Gasteiger partial charge in [0.2, 0.25) is 5.91 Å². The van der Waals surface area contributed by atoms with Gasteiger partial charge in [0.1, 0.15) is 30.2 Å². The summed E-state index contributed by atoms with van der Waals surface area (Å²) < 4.78 is 17.3. The van der Waals surface area contributed by atoms with Crippen molar-refractivity contribution in [2.24, 2.45) is 0 Å². The van der Waals surface area contributed by atoms with Gasteiger partial charge in [-0.1, -0.05) is 19.6 Å². The van der Waals surface area contributed by atoms with Gasteiger partial charge < -0.3 is 29.1 Å². The normalized spacial score (nSPS) is 23.6. The standard InChI is InChI=1S/C29H43N3O8Si/c1-29(2,3)40-28(37)30-16-20(33)14-22(17-30)39-21-7-8-23-19(13-21)15-31(26(23)35)24-9-10-25(34)32(27(24)36)18-38-11-12-41(4,5)6/h7-8,13,20,22,24,33H,9-12,14-18H2,1-6H3/t20-,22+,24?/m1/s1. The summed E-state index contributed by atoms with van der Waals surface area (Å²) in [7, 11) is -1.31. The second kappa shape index (κ2) is 12.1. The van der Waals surface area contributed by atoms with Gasteiger partial charge in [-0.25, -0.2) is 4.79 Å². The highest BCUT2D eigenvalue weighted by Gasteiger charge is 2.43. The molecule has 226 valence electrons. The Morgan fingerprint density at radius 1 is 1.12 bits per heavy atom. The first-order valence-corrected chi connectivity index (χ1v) is 18.0. The summed E-state index contributed by atoms with van der Waals surface area (Å²) in [6, 6.07) is 5.31. The molecule has 2 saturated heterocycles. The smallest absolute Gasteiger partial charge is 0.410 e. The van der Waals surface area contributed by atoms with Gasteiger partial charge in [0.05, 0.1) is 19.2 Å². The van der Waals surface area contributed by atoms with E-state index in [2.05, 4.69) is 19.6 Å². The topological polar surface area (TPSA) is 126 Å². The number of ether oxygens (including phenoxy) is 3. The maximum atomic E-state index is 13.3. The van der Waals surface area contributed by atoms with Crippen LogP contribution in [-0.4, -0.2) is 102 Å². The number of fused-ring (bicyclic) bond motifs is 1. The molecular formula is C29H43N3O8Si. The Labute approximate surface area is 242 Å². The van der Waals surface area contributed by atoms with Crippen LogP contribution < -0.4 is 4.74 Å². The molecule has 0 spiro atoms. The summed E-state index contributed by atoms with van der Waals surface area (Å²) in [5, 5.41) is 10.4. The highest BCUT2D eigenvalue weighted by molar-refractivity contribution is 6.76. The van der Waals surface area contributed by atoms with Gasteiger partial charge in [0.25, 0.3) is 11.8 Å². The molecule has 3 atom stereocenters. The molecule has 11 nitrogen and oxygen atoms in total. The van der Waals surface area contributed by atoms with Crippen molar-refractivity contribution in [3.63, 3.8) is 0 Å². The Hall–Kier alpha value is -2.96. The number of amides is 4. The predicted octanol–water partition coefficient (Wildman–Crippen LogP) is 3.22. The zero-order valence-electron chi connectivity index (χ0n) is 25.0. The van der Waals surface area contributed by atoms with E-state index in [9.17, 15) is 24.3 Å². The fourth-order valence-electron chi connectivity index (χ4n) is 5.21. The molecule has 41 heavy (non-hydrogen) atoms. The number of hydrogen-bond donors (Lipinski definition) is 1. The van der Waals surface area contributed by atoms with Gasteiger partial charge in [0.15, 0.2) is 0 Å². The van der Waals surface area contributed by atoms with Crippen molar-refractivity contribution >= 4 is 31.9 Å². The molecule has 0 aromatic heterocycles. The second-order valence-corrected chi connectivity index (χ2v) is 19.0. The molecule has 0 saturated carbocycles. The molecule has 0 radical (unpaired) electrons. The van der Waals surface area contributed by atoms with Gasteiger partial charge >= 0.3 is 6.09 Å². The molecule has 0 aliphatic carbocycles. The van der Waals surface area contributed by atoms with Gasteiger partial charge in [-0.2, -0.15) is 0 Å².